The predicted molar refractivity (Wildman–Crippen MR) is 99.9 cm³/mol. The molecule has 26 heavy (non-hydrogen) atoms. The number of rotatable bonds is 5. The van der Waals surface area contributed by atoms with Gasteiger partial charge in [0.15, 0.2) is 6.61 Å². The molecule has 1 aromatic carbocycles. The summed E-state index contributed by atoms with van der Waals surface area (Å²) >= 11 is 7.04. The number of hydrogen-bond donors (Lipinski definition) is 2. The fourth-order valence-electron chi connectivity index (χ4n) is 2.11. The third-order valence-electron chi connectivity index (χ3n) is 3.59. The molecule has 1 aromatic heterocycles. The van der Waals surface area contributed by atoms with Crippen LogP contribution in [0.4, 0.5) is 10.7 Å². The summed E-state index contributed by atoms with van der Waals surface area (Å²) in [7, 11) is 1.26. The van der Waals surface area contributed by atoms with Gasteiger partial charge in [0.1, 0.15) is 5.00 Å². The lowest BCUT2D eigenvalue weighted by Gasteiger charge is -2.08. The van der Waals surface area contributed by atoms with Gasteiger partial charge in [-0.1, -0.05) is 11.6 Å². The zero-order valence-electron chi connectivity index (χ0n) is 14.3. The zero-order chi connectivity index (χ0) is 19.4. The number of nitrogens with two attached hydrogens (primary N) is 1. The highest BCUT2D eigenvalue weighted by molar-refractivity contribution is 7.16. The standard InChI is InChI=1S/C17H17ClN2O5S/c1-8-9(2)26-15(14(8)17(23)24-3)20-13(21)7-25-16(22)10-4-5-11(18)12(19)6-10/h4-6H,7,19H2,1-3H3,(H,20,21). The van der Waals surface area contributed by atoms with E-state index in [1.807, 2.05) is 6.92 Å². The van der Waals surface area contributed by atoms with E-state index < -0.39 is 24.5 Å². The van der Waals surface area contributed by atoms with Crippen LogP contribution in [0.2, 0.25) is 5.02 Å². The van der Waals surface area contributed by atoms with Crippen molar-refractivity contribution in [1.82, 2.24) is 0 Å². The zero-order valence-corrected chi connectivity index (χ0v) is 15.9. The highest BCUT2D eigenvalue weighted by Gasteiger charge is 2.22. The van der Waals surface area contributed by atoms with E-state index in [4.69, 9.17) is 26.8 Å². The second kappa shape index (κ2) is 8.20. The van der Waals surface area contributed by atoms with E-state index in [1.54, 1.807) is 6.92 Å². The monoisotopic (exact) mass is 396 g/mol. The number of nitrogen functional groups attached to an aromatic ring is 1. The highest BCUT2D eigenvalue weighted by atomic mass is 35.5. The van der Waals surface area contributed by atoms with Crippen LogP contribution >= 0.6 is 22.9 Å². The van der Waals surface area contributed by atoms with Crippen molar-refractivity contribution in [3.63, 3.8) is 0 Å². The van der Waals surface area contributed by atoms with Crippen molar-refractivity contribution in [2.24, 2.45) is 0 Å². The van der Waals surface area contributed by atoms with Gasteiger partial charge in [-0.2, -0.15) is 0 Å². The van der Waals surface area contributed by atoms with Crippen LogP contribution in [-0.2, 0) is 14.3 Å². The number of anilines is 2. The van der Waals surface area contributed by atoms with E-state index in [0.717, 1.165) is 10.4 Å². The third-order valence-corrected chi connectivity index (χ3v) is 5.06. The van der Waals surface area contributed by atoms with Crippen molar-refractivity contribution in [3.05, 3.63) is 44.8 Å². The molecule has 0 aliphatic heterocycles. The van der Waals surface area contributed by atoms with Crippen LogP contribution in [0, 0.1) is 13.8 Å². The van der Waals surface area contributed by atoms with Gasteiger partial charge in [0.05, 0.1) is 28.9 Å². The third kappa shape index (κ3) is 4.33. The van der Waals surface area contributed by atoms with Crippen molar-refractivity contribution in [1.29, 1.82) is 0 Å². The summed E-state index contributed by atoms with van der Waals surface area (Å²) in [5, 5.41) is 3.24. The molecule has 0 fully saturated rings. The van der Waals surface area contributed by atoms with Gasteiger partial charge >= 0.3 is 11.9 Å². The minimum Gasteiger partial charge on any atom is -0.465 e. The molecule has 2 aromatic rings. The molecule has 0 radical (unpaired) electrons. The Kier molecular flexibility index (Phi) is 6.23. The molecule has 0 bridgehead atoms. The predicted octanol–water partition coefficient (Wildman–Crippen LogP) is 3.18. The minimum atomic E-state index is -0.713. The van der Waals surface area contributed by atoms with Crippen LogP contribution < -0.4 is 11.1 Å². The van der Waals surface area contributed by atoms with E-state index in [9.17, 15) is 14.4 Å². The van der Waals surface area contributed by atoms with Gasteiger partial charge in [-0.05, 0) is 37.6 Å². The molecule has 0 aliphatic rings. The molecular formula is C17H17ClN2O5S. The van der Waals surface area contributed by atoms with E-state index in [1.165, 1.54) is 36.6 Å². The average Bonchev–Trinajstić information content (AvgIpc) is 2.88. The van der Waals surface area contributed by atoms with Crippen molar-refractivity contribution in [2.75, 3.05) is 24.8 Å². The Morgan fingerprint density at radius 3 is 2.54 bits per heavy atom. The van der Waals surface area contributed by atoms with Crippen LogP contribution in [0.15, 0.2) is 18.2 Å². The second-order valence-electron chi connectivity index (χ2n) is 5.34. The van der Waals surface area contributed by atoms with Crippen molar-refractivity contribution >= 4 is 51.5 Å². The van der Waals surface area contributed by atoms with Crippen molar-refractivity contribution in [2.45, 2.75) is 13.8 Å². The summed E-state index contributed by atoms with van der Waals surface area (Å²) in [6, 6.07) is 4.28. The molecule has 2 rings (SSSR count). The highest BCUT2D eigenvalue weighted by Crippen LogP contribution is 2.32. The van der Waals surface area contributed by atoms with Gasteiger partial charge < -0.3 is 20.5 Å². The molecule has 0 spiro atoms. The fourth-order valence-corrected chi connectivity index (χ4v) is 3.29. The SMILES string of the molecule is COC(=O)c1c(NC(=O)COC(=O)c2ccc(Cl)c(N)c2)sc(C)c1C. The lowest BCUT2D eigenvalue weighted by molar-refractivity contribution is -0.119. The normalized spacial score (nSPS) is 10.3. The molecule has 0 unspecified atom stereocenters. The Morgan fingerprint density at radius 1 is 1.23 bits per heavy atom. The van der Waals surface area contributed by atoms with Crippen LogP contribution in [-0.4, -0.2) is 31.6 Å². The number of carbonyl (C=O) groups excluding carboxylic acids is 3. The Morgan fingerprint density at radius 2 is 1.92 bits per heavy atom. The number of ether oxygens (including phenoxy) is 2. The summed E-state index contributed by atoms with van der Waals surface area (Å²) in [5.41, 5.74) is 7.06. The number of amides is 1. The maximum absolute atomic E-state index is 12.1. The van der Waals surface area contributed by atoms with Gasteiger partial charge in [-0.3, -0.25) is 4.79 Å². The number of hydrogen-bond acceptors (Lipinski definition) is 7. The van der Waals surface area contributed by atoms with Crippen LogP contribution in [0.1, 0.15) is 31.2 Å². The van der Waals surface area contributed by atoms with Crippen molar-refractivity contribution < 1.29 is 23.9 Å². The number of aryl methyl sites for hydroxylation is 1. The Hall–Kier alpha value is -2.58. The summed E-state index contributed by atoms with van der Waals surface area (Å²) in [5.74, 6) is -1.84. The first kappa shape index (κ1) is 19.7. The number of carbonyl (C=O) groups is 3. The van der Waals surface area contributed by atoms with E-state index >= 15 is 0 Å². The maximum Gasteiger partial charge on any atom is 0.341 e. The van der Waals surface area contributed by atoms with Gasteiger partial charge in [-0.25, -0.2) is 9.59 Å². The number of esters is 2. The summed E-state index contributed by atoms with van der Waals surface area (Å²) in [6.45, 7) is 3.07. The number of nitrogens with one attached hydrogen (secondary N) is 1. The number of benzene rings is 1. The van der Waals surface area contributed by atoms with E-state index in [0.29, 0.717) is 15.6 Å². The molecule has 0 atom stereocenters. The Bertz CT molecular complexity index is 878. The molecule has 0 saturated heterocycles. The first-order chi connectivity index (χ1) is 12.2. The van der Waals surface area contributed by atoms with Crippen LogP contribution in [0.25, 0.3) is 0 Å². The number of halogens is 1. The molecule has 3 N–H and O–H groups in total. The molecule has 138 valence electrons. The van der Waals surface area contributed by atoms with Crippen LogP contribution in [0.5, 0.6) is 0 Å². The largest absolute Gasteiger partial charge is 0.465 e. The summed E-state index contributed by atoms with van der Waals surface area (Å²) in [6.07, 6.45) is 0. The van der Waals surface area contributed by atoms with E-state index in [-0.39, 0.29) is 11.3 Å². The van der Waals surface area contributed by atoms with Gasteiger partial charge in [0, 0.05) is 4.88 Å². The number of methoxy groups -OCH3 is 1. The van der Waals surface area contributed by atoms with Gasteiger partial charge in [0.25, 0.3) is 5.91 Å². The van der Waals surface area contributed by atoms with E-state index in [2.05, 4.69) is 5.32 Å². The lowest BCUT2D eigenvalue weighted by Crippen LogP contribution is -2.21. The lowest BCUT2D eigenvalue weighted by atomic mass is 10.1. The first-order valence-corrected chi connectivity index (χ1v) is 8.64. The summed E-state index contributed by atoms with van der Waals surface area (Å²) in [4.78, 5) is 36.8. The smallest absolute Gasteiger partial charge is 0.341 e. The molecule has 9 heteroatoms. The fraction of sp³-hybridized carbons (Fsp3) is 0.235. The number of thiophene rings is 1. The molecule has 1 amide bonds. The first-order valence-electron chi connectivity index (χ1n) is 7.45. The molecule has 1 heterocycles. The van der Waals surface area contributed by atoms with Gasteiger partial charge in [-0.15, -0.1) is 11.3 Å². The van der Waals surface area contributed by atoms with Gasteiger partial charge in [0.2, 0.25) is 0 Å². The second-order valence-corrected chi connectivity index (χ2v) is 6.97. The molecule has 0 saturated carbocycles. The van der Waals surface area contributed by atoms with Crippen LogP contribution in [0.3, 0.4) is 0 Å². The Balaban J connectivity index is 2.03. The average molecular weight is 397 g/mol. The Labute approximate surface area is 159 Å². The summed E-state index contributed by atoms with van der Waals surface area (Å²) < 4.78 is 9.70. The van der Waals surface area contributed by atoms with Crippen molar-refractivity contribution in [3.8, 4) is 0 Å². The topological polar surface area (TPSA) is 108 Å². The molecule has 0 aliphatic carbocycles. The molecular weight excluding hydrogens is 380 g/mol. The quantitative estimate of drug-likeness (QED) is 0.593. The maximum atomic E-state index is 12.1. The molecule has 7 nitrogen and oxygen atoms in total. The minimum absolute atomic E-state index is 0.178.